The summed E-state index contributed by atoms with van der Waals surface area (Å²) in [5, 5.41) is 10.3. The van der Waals surface area contributed by atoms with E-state index in [1.807, 2.05) is 24.3 Å². The van der Waals surface area contributed by atoms with Crippen LogP contribution in [0.5, 0.6) is 5.75 Å². The molecule has 0 aromatic heterocycles. The Morgan fingerprint density at radius 1 is 0.955 bits per heavy atom. The number of hydrogen-bond donors (Lipinski definition) is 1. The molecule has 0 bridgehead atoms. The van der Waals surface area contributed by atoms with Crippen LogP contribution >= 0.6 is 27.5 Å². The number of allylic oxidation sites excluding steroid dienone is 1. The van der Waals surface area contributed by atoms with E-state index in [1.165, 1.54) is 30.4 Å². The van der Waals surface area contributed by atoms with Gasteiger partial charge in [0, 0.05) is 15.1 Å². The molecule has 0 aliphatic heterocycles. The van der Waals surface area contributed by atoms with E-state index in [9.17, 15) is 5.11 Å². The highest BCUT2D eigenvalue weighted by Crippen LogP contribution is 2.38. The van der Waals surface area contributed by atoms with E-state index in [4.69, 9.17) is 11.6 Å². The number of benzene rings is 2. The van der Waals surface area contributed by atoms with Gasteiger partial charge in [-0.05, 0) is 61.1 Å². The van der Waals surface area contributed by atoms with Crippen molar-refractivity contribution in [2.75, 3.05) is 0 Å². The second-order valence-corrected chi connectivity index (χ2v) is 7.03. The standard InChI is InChI=1S/C19H18BrClO/c20-15-8-11-17(18(21)12-15)19(13-4-2-1-3-5-13)14-6-9-16(22)10-7-14/h6-12,22H,1-5H2. The quantitative estimate of drug-likeness (QED) is 0.627. The number of phenolic OH excluding ortho intramolecular Hbond substituents is 1. The summed E-state index contributed by atoms with van der Waals surface area (Å²) in [5.74, 6) is 0.290. The maximum atomic E-state index is 9.56. The van der Waals surface area contributed by atoms with Gasteiger partial charge in [-0.3, -0.25) is 0 Å². The Morgan fingerprint density at radius 3 is 2.27 bits per heavy atom. The summed E-state index contributed by atoms with van der Waals surface area (Å²) in [7, 11) is 0. The van der Waals surface area contributed by atoms with Crippen molar-refractivity contribution in [3.8, 4) is 5.75 Å². The van der Waals surface area contributed by atoms with Crippen LogP contribution in [0.3, 0.4) is 0 Å². The van der Waals surface area contributed by atoms with E-state index in [-0.39, 0.29) is 0 Å². The molecule has 0 saturated heterocycles. The minimum Gasteiger partial charge on any atom is -0.508 e. The molecular formula is C19H18BrClO. The first-order valence-corrected chi connectivity index (χ1v) is 8.79. The Bertz CT molecular complexity index is 696. The first-order chi connectivity index (χ1) is 10.6. The Labute approximate surface area is 144 Å². The average Bonchev–Trinajstić information content (AvgIpc) is 2.52. The van der Waals surface area contributed by atoms with Crippen LogP contribution in [0, 0.1) is 0 Å². The highest BCUT2D eigenvalue weighted by molar-refractivity contribution is 9.10. The highest BCUT2D eigenvalue weighted by Gasteiger charge is 2.17. The largest absolute Gasteiger partial charge is 0.508 e. The Balaban J connectivity index is 2.16. The zero-order chi connectivity index (χ0) is 15.5. The van der Waals surface area contributed by atoms with Crippen molar-refractivity contribution in [3.05, 3.63) is 68.7 Å². The summed E-state index contributed by atoms with van der Waals surface area (Å²) in [6, 6.07) is 13.5. The van der Waals surface area contributed by atoms with Gasteiger partial charge in [-0.25, -0.2) is 0 Å². The van der Waals surface area contributed by atoms with Crippen LogP contribution in [0.1, 0.15) is 43.2 Å². The third-order valence-corrected chi connectivity index (χ3v) is 4.97. The van der Waals surface area contributed by atoms with Crippen molar-refractivity contribution in [1.82, 2.24) is 0 Å². The molecule has 0 atom stereocenters. The van der Waals surface area contributed by atoms with Crippen molar-refractivity contribution < 1.29 is 5.11 Å². The van der Waals surface area contributed by atoms with Gasteiger partial charge in [0.15, 0.2) is 0 Å². The maximum absolute atomic E-state index is 9.56. The SMILES string of the molecule is Oc1ccc(C(=C2CCCCC2)c2ccc(Br)cc2Cl)cc1. The summed E-state index contributed by atoms with van der Waals surface area (Å²) in [4.78, 5) is 0. The van der Waals surface area contributed by atoms with E-state index in [1.54, 1.807) is 12.1 Å². The first-order valence-electron chi connectivity index (χ1n) is 7.62. The Hall–Kier alpha value is -1.25. The predicted octanol–water partition coefficient (Wildman–Crippen LogP) is 6.57. The fourth-order valence-electron chi connectivity index (χ4n) is 3.10. The van der Waals surface area contributed by atoms with Crippen LogP contribution in [0.25, 0.3) is 5.57 Å². The summed E-state index contributed by atoms with van der Waals surface area (Å²) >= 11 is 9.98. The first kappa shape index (κ1) is 15.6. The fraction of sp³-hybridized carbons (Fsp3) is 0.263. The Kier molecular flexibility index (Phi) is 4.90. The lowest BCUT2D eigenvalue weighted by molar-refractivity contribution is 0.475. The molecule has 0 heterocycles. The molecule has 0 radical (unpaired) electrons. The second-order valence-electron chi connectivity index (χ2n) is 5.71. The monoisotopic (exact) mass is 376 g/mol. The molecular weight excluding hydrogens is 360 g/mol. The van der Waals surface area contributed by atoms with Crippen LogP contribution in [0.2, 0.25) is 5.02 Å². The van der Waals surface area contributed by atoms with Crippen molar-refractivity contribution in [3.63, 3.8) is 0 Å². The molecule has 0 unspecified atom stereocenters. The number of rotatable bonds is 2. The van der Waals surface area contributed by atoms with Gasteiger partial charge in [-0.1, -0.05) is 57.7 Å². The van der Waals surface area contributed by atoms with E-state index in [0.29, 0.717) is 5.75 Å². The molecule has 0 amide bonds. The van der Waals surface area contributed by atoms with E-state index in [2.05, 4.69) is 22.0 Å². The highest BCUT2D eigenvalue weighted by atomic mass is 79.9. The van der Waals surface area contributed by atoms with Gasteiger partial charge >= 0.3 is 0 Å². The van der Waals surface area contributed by atoms with Gasteiger partial charge in [0.1, 0.15) is 5.75 Å². The minimum absolute atomic E-state index is 0.290. The molecule has 0 spiro atoms. The molecule has 3 heteroatoms. The predicted molar refractivity (Wildman–Crippen MR) is 96.4 cm³/mol. The number of aromatic hydroxyl groups is 1. The number of halogens is 2. The van der Waals surface area contributed by atoms with Gasteiger partial charge in [0.05, 0.1) is 0 Å². The van der Waals surface area contributed by atoms with Crippen LogP contribution in [0.15, 0.2) is 52.5 Å². The molecule has 2 aromatic rings. The molecule has 114 valence electrons. The lowest BCUT2D eigenvalue weighted by Crippen LogP contribution is -2.01. The third-order valence-electron chi connectivity index (χ3n) is 4.17. The molecule has 1 saturated carbocycles. The van der Waals surface area contributed by atoms with Crippen LogP contribution in [-0.4, -0.2) is 5.11 Å². The fourth-order valence-corrected chi connectivity index (χ4v) is 3.87. The lowest BCUT2D eigenvalue weighted by atomic mass is 9.85. The smallest absolute Gasteiger partial charge is 0.115 e. The lowest BCUT2D eigenvalue weighted by Gasteiger charge is -2.21. The normalized spacial score (nSPS) is 14.9. The average molecular weight is 378 g/mol. The molecule has 1 N–H and O–H groups in total. The molecule has 1 nitrogen and oxygen atoms in total. The summed E-state index contributed by atoms with van der Waals surface area (Å²) in [5.41, 5.74) is 4.91. The van der Waals surface area contributed by atoms with Crippen molar-refractivity contribution >= 4 is 33.1 Å². The molecule has 3 rings (SSSR count). The molecule has 1 aliphatic carbocycles. The van der Waals surface area contributed by atoms with Crippen LogP contribution in [-0.2, 0) is 0 Å². The summed E-state index contributed by atoms with van der Waals surface area (Å²) < 4.78 is 0.986. The van der Waals surface area contributed by atoms with Gasteiger partial charge < -0.3 is 5.11 Å². The van der Waals surface area contributed by atoms with E-state index < -0.39 is 0 Å². The Morgan fingerprint density at radius 2 is 1.64 bits per heavy atom. The van der Waals surface area contributed by atoms with E-state index in [0.717, 1.165) is 33.5 Å². The zero-order valence-corrected chi connectivity index (χ0v) is 14.6. The number of phenols is 1. The summed E-state index contributed by atoms with van der Waals surface area (Å²) in [6.45, 7) is 0. The van der Waals surface area contributed by atoms with Gasteiger partial charge in [0.2, 0.25) is 0 Å². The van der Waals surface area contributed by atoms with Gasteiger partial charge in [-0.2, -0.15) is 0 Å². The van der Waals surface area contributed by atoms with Crippen LogP contribution < -0.4 is 0 Å². The van der Waals surface area contributed by atoms with Crippen molar-refractivity contribution in [1.29, 1.82) is 0 Å². The van der Waals surface area contributed by atoms with E-state index >= 15 is 0 Å². The molecule has 1 fully saturated rings. The second kappa shape index (κ2) is 6.89. The van der Waals surface area contributed by atoms with Gasteiger partial charge in [-0.15, -0.1) is 0 Å². The molecule has 1 aliphatic rings. The zero-order valence-electron chi connectivity index (χ0n) is 12.3. The van der Waals surface area contributed by atoms with Gasteiger partial charge in [0.25, 0.3) is 0 Å². The number of hydrogen-bond acceptors (Lipinski definition) is 1. The van der Waals surface area contributed by atoms with Crippen molar-refractivity contribution in [2.45, 2.75) is 32.1 Å². The third kappa shape index (κ3) is 3.39. The minimum atomic E-state index is 0.290. The maximum Gasteiger partial charge on any atom is 0.115 e. The van der Waals surface area contributed by atoms with Crippen LogP contribution in [0.4, 0.5) is 0 Å². The molecule has 22 heavy (non-hydrogen) atoms. The summed E-state index contributed by atoms with van der Waals surface area (Å²) in [6.07, 6.45) is 6.04. The molecule has 2 aromatic carbocycles. The van der Waals surface area contributed by atoms with Crippen molar-refractivity contribution in [2.24, 2.45) is 0 Å². The topological polar surface area (TPSA) is 20.2 Å².